The molecule has 1 aromatic heterocycles. The first-order valence-corrected chi connectivity index (χ1v) is 11.1. The van der Waals surface area contributed by atoms with E-state index in [0.717, 1.165) is 58.7 Å². The minimum absolute atomic E-state index is 0.0381. The predicted octanol–water partition coefficient (Wildman–Crippen LogP) is 2.70. The average molecular weight is 394 g/mol. The molecule has 27 heavy (non-hydrogen) atoms. The molecular formula is C21H35N3O2S. The molecule has 152 valence electrons. The average Bonchev–Trinajstić information content (AvgIpc) is 3.13. The fraction of sp³-hybridized carbons (Fsp3) is 0.762. The summed E-state index contributed by atoms with van der Waals surface area (Å²) < 4.78 is 5.58. The molecule has 3 rings (SSSR count). The summed E-state index contributed by atoms with van der Waals surface area (Å²) in [6.45, 7) is 11.6. The Morgan fingerprint density at radius 1 is 1.33 bits per heavy atom. The standard InChI is InChI=1S/C21H35N3O2S/c1-5-26-20(25)21-9-6-10-23(15-19-8-7-17(2)27-19)13-18(21)14-24(16-21)12-11-22(3)4/h7-8,18H,5-6,9-16H2,1-4H3/t18-,21-/m0/s1. The highest BCUT2D eigenvalue weighted by atomic mass is 32.1. The number of ether oxygens (including phenoxy) is 1. The fourth-order valence-corrected chi connectivity index (χ4v) is 5.60. The van der Waals surface area contributed by atoms with E-state index in [4.69, 9.17) is 4.74 Å². The number of hydrogen-bond acceptors (Lipinski definition) is 6. The Labute approximate surface area is 168 Å². The highest BCUT2D eigenvalue weighted by Crippen LogP contribution is 2.44. The van der Waals surface area contributed by atoms with Gasteiger partial charge < -0.3 is 14.5 Å². The monoisotopic (exact) mass is 393 g/mol. The third-order valence-electron chi connectivity index (χ3n) is 6.06. The van der Waals surface area contributed by atoms with Crippen LogP contribution in [0.1, 0.15) is 29.5 Å². The van der Waals surface area contributed by atoms with E-state index >= 15 is 0 Å². The van der Waals surface area contributed by atoms with Crippen molar-refractivity contribution in [2.45, 2.75) is 33.2 Å². The fourth-order valence-electron chi connectivity index (χ4n) is 4.67. The summed E-state index contributed by atoms with van der Waals surface area (Å²) in [5.41, 5.74) is -0.317. The quantitative estimate of drug-likeness (QED) is 0.666. The van der Waals surface area contributed by atoms with E-state index in [1.807, 2.05) is 18.3 Å². The van der Waals surface area contributed by atoms with Crippen molar-refractivity contribution in [2.75, 3.05) is 60.0 Å². The van der Waals surface area contributed by atoms with Gasteiger partial charge in [0.15, 0.2) is 0 Å². The van der Waals surface area contributed by atoms with Gasteiger partial charge in [0.05, 0.1) is 12.0 Å². The van der Waals surface area contributed by atoms with Crippen molar-refractivity contribution >= 4 is 17.3 Å². The number of aryl methyl sites for hydroxylation is 1. The molecule has 0 bridgehead atoms. The van der Waals surface area contributed by atoms with Gasteiger partial charge in [-0.3, -0.25) is 9.69 Å². The lowest BCUT2D eigenvalue weighted by Gasteiger charge is -2.31. The summed E-state index contributed by atoms with van der Waals surface area (Å²) in [5.74, 6) is 0.401. The molecule has 0 saturated carbocycles. The number of hydrogen-bond donors (Lipinski definition) is 0. The molecule has 0 unspecified atom stereocenters. The zero-order chi connectivity index (χ0) is 19.4. The molecule has 2 atom stereocenters. The summed E-state index contributed by atoms with van der Waals surface area (Å²) in [5, 5.41) is 0. The van der Waals surface area contributed by atoms with Crippen LogP contribution in [0.3, 0.4) is 0 Å². The van der Waals surface area contributed by atoms with Gasteiger partial charge in [0.1, 0.15) is 0 Å². The topological polar surface area (TPSA) is 36.0 Å². The molecule has 3 heterocycles. The Kier molecular flexibility index (Phi) is 6.95. The lowest BCUT2D eigenvalue weighted by molar-refractivity contribution is -0.157. The summed E-state index contributed by atoms with van der Waals surface area (Å²) in [6, 6.07) is 4.46. The number of likely N-dealkylation sites (N-methyl/N-ethyl adjacent to an activating group) is 1. The van der Waals surface area contributed by atoms with E-state index in [2.05, 4.69) is 47.9 Å². The maximum atomic E-state index is 13.0. The van der Waals surface area contributed by atoms with Crippen molar-refractivity contribution in [1.82, 2.24) is 14.7 Å². The molecule has 1 aromatic rings. The van der Waals surface area contributed by atoms with Gasteiger partial charge in [-0.2, -0.15) is 0 Å². The second-order valence-electron chi connectivity index (χ2n) is 8.46. The van der Waals surface area contributed by atoms with Gasteiger partial charge in [0.25, 0.3) is 0 Å². The zero-order valence-corrected chi connectivity index (χ0v) is 18.2. The van der Waals surface area contributed by atoms with Gasteiger partial charge in [-0.05, 0) is 59.5 Å². The third-order valence-corrected chi connectivity index (χ3v) is 7.05. The van der Waals surface area contributed by atoms with Gasteiger partial charge in [0, 0.05) is 54.9 Å². The van der Waals surface area contributed by atoms with Gasteiger partial charge in [-0.25, -0.2) is 0 Å². The van der Waals surface area contributed by atoms with Crippen molar-refractivity contribution < 1.29 is 9.53 Å². The van der Waals surface area contributed by atoms with Crippen LogP contribution in [-0.2, 0) is 16.1 Å². The Morgan fingerprint density at radius 3 is 2.78 bits per heavy atom. The van der Waals surface area contributed by atoms with Crippen LogP contribution in [0.5, 0.6) is 0 Å². The van der Waals surface area contributed by atoms with Crippen LogP contribution >= 0.6 is 11.3 Å². The maximum absolute atomic E-state index is 13.0. The second kappa shape index (κ2) is 9.03. The van der Waals surface area contributed by atoms with Crippen LogP contribution < -0.4 is 0 Å². The first-order valence-electron chi connectivity index (χ1n) is 10.2. The lowest BCUT2D eigenvalue weighted by atomic mass is 9.75. The van der Waals surface area contributed by atoms with Crippen LogP contribution in [0.4, 0.5) is 0 Å². The first kappa shape index (κ1) is 20.8. The van der Waals surface area contributed by atoms with Gasteiger partial charge in [0.2, 0.25) is 0 Å². The highest BCUT2D eigenvalue weighted by molar-refractivity contribution is 7.11. The van der Waals surface area contributed by atoms with Crippen molar-refractivity contribution in [2.24, 2.45) is 11.3 Å². The third kappa shape index (κ3) is 4.91. The van der Waals surface area contributed by atoms with Crippen LogP contribution in [0.2, 0.25) is 0 Å². The van der Waals surface area contributed by atoms with E-state index in [9.17, 15) is 4.79 Å². The summed E-state index contributed by atoms with van der Waals surface area (Å²) in [6.07, 6.45) is 2.02. The Morgan fingerprint density at radius 2 is 2.11 bits per heavy atom. The SMILES string of the molecule is CCOC(=O)[C@]12CCCN(Cc3ccc(C)s3)C[C@H]1CN(CCN(C)C)C2. The number of carbonyl (C=O) groups is 1. The largest absolute Gasteiger partial charge is 0.466 e. The molecule has 0 radical (unpaired) electrons. The number of carbonyl (C=O) groups excluding carboxylic acids is 1. The van der Waals surface area contributed by atoms with Crippen molar-refractivity contribution in [3.63, 3.8) is 0 Å². The minimum Gasteiger partial charge on any atom is -0.466 e. The smallest absolute Gasteiger partial charge is 0.313 e. The zero-order valence-electron chi connectivity index (χ0n) is 17.4. The molecule has 6 heteroatoms. The molecule has 2 fully saturated rings. The number of thiophene rings is 1. The molecule has 2 aliphatic heterocycles. The molecule has 2 aliphatic rings. The Hall–Kier alpha value is -0.950. The molecule has 5 nitrogen and oxygen atoms in total. The van der Waals surface area contributed by atoms with E-state index in [0.29, 0.717) is 12.5 Å². The van der Waals surface area contributed by atoms with Gasteiger partial charge >= 0.3 is 5.97 Å². The van der Waals surface area contributed by atoms with Gasteiger partial charge in [-0.15, -0.1) is 11.3 Å². The van der Waals surface area contributed by atoms with Crippen LogP contribution in [0.25, 0.3) is 0 Å². The number of esters is 1. The second-order valence-corrected chi connectivity index (χ2v) is 9.84. The number of nitrogens with zero attached hydrogens (tertiary/aromatic N) is 3. The van der Waals surface area contributed by atoms with Crippen LogP contribution in [-0.4, -0.2) is 80.6 Å². The summed E-state index contributed by atoms with van der Waals surface area (Å²) >= 11 is 1.89. The van der Waals surface area contributed by atoms with E-state index < -0.39 is 0 Å². The molecule has 0 spiro atoms. The predicted molar refractivity (Wildman–Crippen MR) is 111 cm³/mol. The van der Waals surface area contributed by atoms with E-state index in [-0.39, 0.29) is 11.4 Å². The van der Waals surface area contributed by atoms with Crippen molar-refractivity contribution in [3.8, 4) is 0 Å². The van der Waals surface area contributed by atoms with Crippen LogP contribution in [0.15, 0.2) is 12.1 Å². The normalized spacial score (nSPS) is 26.9. The van der Waals surface area contributed by atoms with Crippen molar-refractivity contribution in [1.29, 1.82) is 0 Å². The number of fused-ring (bicyclic) bond motifs is 1. The van der Waals surface area contributed by atoms with E-state index in [1.54, 1.807) is 0 Å². The molecule has 0 aromatic carbocycles. The Balaban J connectivity index is 1.73. The van der Waals surface area contributed by atoms with Crippen molar-refractivity contribution in [3.05, 3.63) is 21.9 Å². The molecular weight excluding hydrogens is 358 g/mol. The summed E-state index contributed by atoms with van der Waals surface area (Å²) in [4.78, 5) is 23.1. The Bertz CT molecular complexity index is 633. The molecule has 0 N–H and O–H groups in total. The minimum atomic E-state index is -0.317. The highest BCUT2D eigenvalue weighted by Gasteiger charge is 2.53. The molecule has 2 saturated heterocycles. The first-order chi connectivity index (χ1) is 12.9. The number of likely N-dealkylation sites (tertiary alicyclic amines) is 2. The van der Waals surface area contributed by atoms with Crippen LogP contribution in [0, 0.1) is 18.3 Å². The maximum Gasteiger partial charge on any atom is 0.313 e. The number of rotatable bonds is 7. The lowest BCUT2D eigenvalue weighted by Crippen LogP contribution is -2.42. The van der Waals surface area contributed by atoms with Gasteiger partial charge in [-0.1, -0.05) is 0 Å². The molecule has 0 aliphatic carbocycles. The summed E-state index contributed by atoms with van der Waals surface area (Å²) in [7, 11) is 4.22. The molecule has 0 amide bonds. The van der Waals surface area contributed by atoms with E-state index in [1.165, 1.54) is 9.75 Å².